The maximum atomic E-state index is 10.2. The highest BCUT2D eigenvalue weighted by molar-refractivity contribution is 5.90. The van der Waals surface area contributed by atoms with Crippen molar-refractivity contribution in [2.45, 2.75) is 13.3 Å². The predicted molar refractivity (Wildman–Crippen MR) is 45.0 cm³/mol. The molecular formula is C7H11N3O3. The van der Waals surface area contributed by atoms with Crippen LogP contribution in [-0.4, -0.2) is 27.2 Å². The lowest BCUT2D eigenvalue weighted by atomic mass is 10.4. The van der Waals surface area contributed by atoms with Crippen LogP contribution in [0.15, 0.2) is 12.3 Å². The van der Waals surface area contributed by atoms with Crippen LogP contribution in [-0.2, 0) is 4.79 Å². The molecule has 0 unspecified atom stereocenters. The topological polar surface area (TPSA) is 109 Å². The van der Waals surface area contributed by atoms with E-state index in [1.54, 1.807) is 13.1 Å². The Bertz CT molecular complexity index is 269. The van der Waals surface area contributed by atoms with Crippen LogP contribution in [0.5, 0.6) is 0 Å². The summed E-state index contributed by atoms with van der Waals surface area (Å²) in [6.45, 7) is 1.60. The Hall–Kier alpha value is -1.85. The fourth-order valence-electron chi connectivity index (χ4n) is 0.398. The van der Waals surface area contributed by atoms with Crippen LogP contribution in [0.2, 0.25) is 0 Å². The van der Waals surface area contributed by atoms with Gasteiger partial charge < -0.3 is 10.8 Å². The Morgan fingerprint density at radius 2 is 2.23 bits per heavy atom. The minimum atomic E-state index is -0.745. The summed E-state index contributed by atoms with van der Waals surface area (Å²) in [4.78, 5) is 19.6. The van der Waals surface area contributed by atoms with E-state index in [0.29, 0.717) is 0 Å². The highest BCUT2D eigenvalue weighted by atomic mass is 16.4. The van der Waals surface area contributed by atoms with E-state index in [2.05, 4.69) is 10.2 Å². The number of nitrogens with one attached hydrogen (secondary N) is 1. The number of aromatic nitrogens is 2. The molecule has 6 nitrogen and oxygen atoms in total. The molecule has 1 aromatic rings. The largest absolute Gasteiger partial charge is 0.481 e. The van der Waals surface area contributed by atoms with E-state index in [1.165, 1.54) is 6.07 Å². The summed E-state index contributed by atoms with van der Waals surface area (Å²) in [7, 11) is 0. The molecule has 1 rings (SSSR count). The van der Waals surface area contributed by atoms with E-state index in [1.807, 2.05) is 0 Å². The monoisotopic (exact) mass is 185 g/mol. The predicted octanol–water partition coefficient (Wildman–Crippen LogP) is -0.0104. The molecule has 0 aromatic carbocycles. The average Bonchev–Trinajstić information content (AvgIpc) is 2.57. The molecule has 1 amide bonds. The smallest absolute Gasteiger partial charge is 0.303 e. The Balaban J connectivity index is 0.000000252. The minimum absolute atomic E-state index is 0.222. The van der Waals surface area contributed by atoms with Gasteiger partial charge in [0, 0.05) is 12.6 Å². The number of carbonyl (C=O) groups is 2. The van der Waals surface area contributed by atoms with Crippen molar-refractivity contribution < 1.29 is 14.7 Å². The van der Waals surface area contributed by atoms with Crippen LogP contribution in [0.1, 0.15) is 23.8 Å². The zero-order chi connectivity index (χ0) is 10.3. The van der Waals surface area contributed by atoms with E-state index >= 15 is 0 Å². The van der Waals surface area contributed by atoms with E-state index in [4.69, 9.17) is 10.8 Å². The molecule has 0 spiro atoms. The van der Waals surface area contributed by atoms with E-state index in [9.17, 15) is 9.59 Å². The van der Waals surface area contributed by atoms with Gasteiger partial charge in [0.15, 0.2) is 0 Å². The van der Waals surface area contributed by atoms with Crippen molar-refractivity contribution in [2.75, 3.05) is 0 Å². The van der Waals surface area contributed by atoms with Crippen molar-refractivity contribution in [3.8, 4) is 0 Å². The first-order valence-electron chi connectivity index (χ1n) is 3.59. The molecule has 0 aliphatic carbocycles. The number of primary amides is 1. The molecule has 0 fully saturated rings. The standard InChI is InChI=1S/C4H5N3O.C3H6O2/c5-4(8)3-1-2-6-7-3;1-2-3(4)5/h1-2H,(H2,5,8)(H,6,7);2H2,1H3,(H,4,5). The van der Waals surface area contributed by atoms with Gasteiger partial charge in [-0.25, -0.2) is 0 Å². The van der Waals surface area contributed by atoms with Crippen molar-refractivity contribution in [1.29, 1.82) is 0 Å². The number of nitrogens with zero attached hydrogens (tertiary/aromatic N) is 1. The van der Waals surface area contributed by atoms with Gasteiger partial charge in [0.25, 0.3) is 5.91 Å². The van der Waals surface area contributed by atoms with Crippen LogP contribution in [0.4, 0.5) is 0 Å². The molecule has 0 aliphatic heterocycles. The summed E-state index contributed by atoms with van der Waals surface area (Å²) in [5, 5.41) is 13.7. The number of aromatic amines is 1. The zero-order valence-electron chi connectivity index (χ0n) is 7.15. The van der Waals surface area contributed by atoms with E-state index in [0.717, 1.165) is 0 Å². The summed E-state index contributed by atoms with van der Waals surface area (Å²) in [6, 6.07) is 1.52. The van der Waals surface area contributed by atoms with E-state index in [-0.39, 0.29) is 12.1 Å². The van der Waals surface area contributed by atoms with Crippen LogP contribution in [0.3, 0.4) is 0 Å². The second kappa shape index (κ2) is 5.76. The molecule has 1 aromatic heterocycles. The summed E-state index contributed by atoms with van der Waals surface area (Å²) in [6.07, 6.45) is 1.76. The van der Waals surface area contributed by atoms with Crippen LogP contribution in [0.25, 0.3) is 0 Å². The third-order valence-corrected chi connectivity index (χ3v) is 1.06. The second-order valence-electron chi connectivity index (χ2n) is 2.07. The second-order valence-corrected chi connectivity index (χ2v) is 2.07. The number of aliphatic carboxylic acids is 1. The summed E-state index contributed by atoms with van der Waals surface area (Å²) in [5.74, 6) is -1.25. The van der Waals surface area contributed by atoms with Gasteiger partial charge in [-0.1, -0.05) is 6.92 Å². The summed E-state index contributed by atoms with van der Waals surface area (Å²) in [5.41, 5.74) is 5.11. The van der Waals surface area contributed by atoms with Crippen molar-refractivity contribution in [2.24, 2.45) is 5.73 Å². The highest BCUT2D eigenvalue weighted by Crippen LogP contribution is 1.86. The molecule has 0 saturated carbocycles. The molecule has 0 aliphatic rings. The van der Waals surface area contributed by atoms with Crippen molar-refractivity contribution >= 4 is 11.9 Å². The number of rotatable bonds is 2. The van der Waals surface area contributed by atoms with Gasteiger partial charge in [-0.2, -0.15) is 5.10 Å². The molecule has 1 heterocycles. The fraction of sp³-hybridized carbons (Fsp3) is 0.286. The number of H-pyrrole nitrogens is 1. The van der Waals surface area contributed by atoms with Gasteiger partial charge in [0.2, 0.25) is 0 Å². The summed E-state index contributed by atoms with van der Waals surface area (Å²) >= 11 is 0. The van der Waals surface area contributed by atoms with Gasteiger partial charge in [0.1, 0.15) is 5.69 Å². The first-order valence-corrected chi connectivity index (χ1v) is 3.59. The lowest BCUT2D eigenvalue weighted by Crippen LogP contribution is -2.10. The maximum absolute atomic E-state index is 10.2. The number of amides is 1. The molecule has 72 valence electrons. The first kappa shape index (κ1) is 11.2. The Kier molecular flexibility index (Phi) is 4.94. The van der Waals surface area contributed by atoms with Crippen LogP contribution < -0.4 is 5.73 Å². The Labute approximate surface area is 74.8 Å². The van der Waals surface area contributed by atoms with Gasteiger partial charge in [-0.05, 0) is 6.07 Å². The van der Waals surface area contributed by atoms with E-state index < -0.39 is 11.9 Å². The molecule has 0 atom stereocenters. The van der Waals surface area contributed by atoms with Crippen molar-refractivity contribution in [3.05, 3.63) is 18.0 Å². The highest BCUT2D eigenvalue weighted by Gasteiger charge is 1.97. The lowest BCUT2D eigenvalue weighted by Gasteiger charge is -1.78. The van der Waals surface area contributed by atoms with Crippen LogP contribution >= 0.6 is 0 Å². The normalized spacial score (nSPS) is 8.38. The number of hydrogen-bond donors (Lipinski definition) is 3. The lowest BCUT2D eigenvalue weighted by molar-refractivity contribution is -0.136. The number of carbonyl (C=O) groups excluding carboxylic acids is 1. The molecule has 0 radical (unpaired) electrons. The number of nitrogens with two attached hydrogens (primary N) is 1. The van der Waals surface area contributed by atoms with Gasteiger partial charge in [0.05, 0.1) is 0 Å². The van der Waals surface area contributed by atoms with Gasteiger partial charge >= 0.3 is 5.97 Å². The molecule has 0 bridgehead atoms. The number of hydrogen-bond acceptors (Lipinski definition) is 3. The third kappa shape index (κ3) is 5.42. The molecule has 4 N–H and O–H groups in total. The number of carboxylic acid groups (broad SMARTS) is 1. The maximum Gasteiger partial charge on any atom is 0.303 e. The number of carboxylic acids is 1. The van der Waals surface area contributed by atoms with Gasteiger partial charge in [-0.15, -0.1) is 0 Å². The Morgan fingerprint density at radius 3 is 2.38 bits per heavy atom. The molecule has 0 saturated heterocycles. The quantitative estimate of drug-likeness (QED) is 0.601. The Morgan fingerprint density at radius 1 is 1.69 bits per heavy atom. The van der Waals surface area contributed by atoms with Crippen LogP contribution in [0, 0.1) is 0 Å². The SMILES string of the molecule is CCC(=O)O.NC(=O)c1cc[nH]n1. The first-order chi connectivity index (χ1) is 6.07. The third-order valence-electron chi connectivity index (χ3n) is 1.06. The average molecular weight is 185 g/mol. The molecule has 13 heavy (non-hydrogen) atoms. The fourth-order valence-corrected chi connectivity index (χ4v) is 0.398. The molecule has 6 heteroatoms. The summed E-state index contributed by atoms with van der Waals surface area (Å²) < 4.78 is 0. The minimum Gasteiger partial charge on any atom is -0.481 e. The van der Waals surface area contributed by atoms with Crippen molar-refractivity contribution in [1.82, 2.24) is 10.2 Å². The molecular weight excluding hydrogens is 174 g/mol. The van der Waals surface area contributed by atoms with Crippen molar-refractivity contribution in [3.63, 3.8) is 0 Å². The zero-order valence-corrected chi connectivity index (χ0v) is 7.15. The van der Waals surface area contributed by atoms with Gasteiger partial charge in [-0.3, -0.25) is 14.7 Å².